The van der Waals surface area contributed by atoms with Crippen LogP contribution in [0.5, 0.6) is 0 Å². The minimum atomic E-state index is -0.379. The van der Waals surface area contributed by atoms with Crippen LogP contribution in [0.25, 0.3) is 10.9 Å². The van der Waals surface area contributed by atoms with Gasteiger partial charge in [0, 0.05) is 42.7 Å². The van der Waals surface area contributed by atoms with Crippen molar-refractivity contribution in [1.82, 2.24) is 26.3 Å². The second-order valence-electron chi connectivity index (χ2n) is 7.68. The molecule has 0 spiro atoms. The zero-order valence-corrected chi connectivity index (χ0v) is 19.3. The minimum absolute atomic E-state index is 0.173. The summed E-state index contributed by atoms with van der Waals surface area (Å²) in [6.07, 6.45) is 0. The van der Waals surface area contributed by atoms with Crippen molar-refractivity contribution in [3.63, 3.8) is 0 Å². The SMILES string of the molecule is N=C(N)NCCNC(=O)c1ccc(C(=O)Nc2cccc3cc(C(=O)NCCNC(=N)N)[nH]c23)cc1. The molecule has 0 bridgehead atoms. The number of nitrogens with one attached hydrogen (secondary N) is 8. The Morgan fingerprint density at radius 2 is 1.25 bits per heavy atom. The zero-order valence-electron chi connectivity index (χ0n) is 19.3. The Labute approximate surface area is 206 Å². The molecule has 36 heavy (non-hydrogen) atoms. The van der Waals surface area contributed by atoms with Crippen LogP contribution in [-0.4, -0.2) is 60.8 Å². The predicted octanol–water partition coefficient (Wildman–Crippen LogP) is -0.154. The van der Waals surface area contributed by atoms with Crippen LogP contribution < -0.4 is 38.1 Å². The number of anilines is 1. The van der Waals surface area contributed by atoms with Gasteiger partial charge in [-0.2, -0.15) is 0 Å². The van der Waals surface area contributed by atoms with Gasteiger partial charge < -0.3 is 43.0 Å². The quantitative estimate of drug-likeness (QED) is 0.104. The van der Waals surface area contributed by atoms with E-state index in [9.17, 15) is 14.4 Å². The number of fused-ring (bicyclic) bond motifs is 1. The number of para-hydroxylation sites is 1. The number of benzene rings is 2. The second kappa shape index (κ2) is 11.9. The van der Waals surface area contributed by atoms with Crippen molar-refractivity contribution in [3.8, 4) is 0 Å². The maximum atomic E-state index is 12.8. The maximum absolute atomic E-state index is 12.8. The van der Waals surface area contributed by atoms with Gasteiger partial charge >= 0.3 is 0 Å². The molecule has 0 atom stereocenters. The van der Waals surface area contributed by atoms with Crippen LogP contribution in [0.1, 0.15) is 31.2 Å². The lowest BCUT2D eigenvalue weighted by atomic mass is 10.1. The van der Waals surface area contributed by atoms with E-state index in [1.54, 1.807) is 42.5 Å². The molecule has 0 aliphatic carbocycles. The molecule has 0 saturated heterocycles. The van der Waals surface area contributed by atoms with E-state index in [0.29, 0.717) is 41.1 Å². The average Bonchev–Trinajstić information content (AvgIpc) is 3.30. The van der Waals surface area contributed by atoms with Gasteiger partial charge in [0.25, 0.3) is 17.7 Å². The van der Waals surface area contributed by atoms with E-state index in [-0.39, 0.29) is 42.7 Å². The van der Waals surface area contributed by atoms with Gasteiger partial charge in [-0.1, -0.05) is 12.1 Å². The Bertz CT molecular complexity index is 1280. The lowest BCUT2D eigenvalue weighted by Crippen LogP contribution is -2.37. The number of hydrogen-bond donors (Lipinski definition) is 10. The number of hydrogen-bond acceptors (Lipinski definition) is 5. The monoisotopic (exact) mass is 492 g/mol. The van der Waals surface area contributed by atoms with Gasteiger partial charge in [-0.15, -0.1) is 0 Å². The van der Waals surface area contributed by atoms with Crippen molar-refractivity contribution in [1.29, 1.82) is 10.8 Å². The number of guanidine groups is 2. The Morgan fingerprint density at radius 1 is 0.722 bits per heavy atom. The summed E-state index contributed by atoms with van der Waals surface area (Å²) in [7, 11) is 0. The van der Waals surface area contributed by atoms with Gasteiger partial charge in [0.15, 0.2) is 11.9 Å². The summed E-state index contributed by atoms with van der Waals surface area (Å²) >= 11 is 0. The Balaban J connectivity index is 1.62. The van der Waals surface area contributed by atoms with Crippen molar-refractivity contribution in [3.05, 3.63) is 65.4 Å². The third kappa shape index (κ3) is 6.96. The van der Waals surface area contributed by atoms with Crippen LogP contribution in [0.4, 0.5) is 5.69 Å². The first-order valence-corrected chi connectivity index (χ1v) is 11.0. The molecule has 2 aromatic carbocycles. The summed E-state index contributed by atoms with van der Waals surface area (Å²) < 4.78 is 0. The smallest absolute Gasteiger partial charge is 0.267 e. The molecule has 0 aliphatic rings. The second-order valence-corrected chi connectivity index (χ2v) is 7.68. The van der Waals surface area contributed by atoms with E-state index in [2.05, 4.69) is 31.6 Å². The average molecular weight is 493 g/mol. The van der Waals surface area contributed by atoms with Crippen LogP contribution in [0.15, 0.2) is 48.5 Å². The van der Waals surface area contributed by atoms with E-state index in [4.69, 9.17) is 22.3 Å². The summed E-state index contributed by atoms with van der Waals surface area (Å²) in [6.45, 7) is 1.21. The van der Waals surface area contributed by atoms with Crippen LogP contribution in [-0.2, 0) is 0 Å². The molecular formula is C23H28N10O3. The predicted molar refractivity (Wildman–Crippen MR) is 137 cm³/mol. The summed E-state index contributed by atoms with van der Waals surface area (Å²) in [5.74, 6) is -1.37. The summed E-state index contributed by atoms with van der Waals surface area (Å²) in [6, 6.07) is 13.1. The number of rotatable bonds is 10. The molecule has 0 radical (unpaired) electrons. The van der Waals surface area contributed by atoms with E-state index >= 15 is 0 Å². The number of H-pyrrole nitrogens is 1. The minimum Gasteiger partial charge on any atom is -0.370 e. The van der Waals surface area contributed by atoms with Crippen molar-refractivity contribution in [2.45, 2.75) is 0 Å². The maximum Gasteiger partial charge on any atom is 0.267 e. The van der Waals surface area contributed by atoms with E-state index in [0.717, 1.165) is 5.39 Å². The molecule has 1 heterocycles. The highest BCUT2D eigenvalue weighted by atomic mass is 16.2. The number of carbonyl (C=O) groups excluding carboxylic acids is 3. The zero-order chi connectivity index (χ0) is 26.1. The first-order chi connectivity index (χ1) is 17.2. The van der Waals surface area contributed by atoms with Gasteiger partial charge in [0.05, 0.1) is 11.2 Å². The number of aromatic amines is 1. The molecule has 3 amide bonds. The fourth-order valence-corrected chi connectivity index (χ4v) is 3.29. The first-order valence-electron chi connectivity index (χ1n) is 11.0. The topological polar surface area (TPSA) is 227 Å². The molecule has 3 rings (SSSR count). The molecule has 13 nitrogen and oxygen atoms in total. The van der Waals surface area contributed by atoms with Crippen LogP contribution >= 0.6 is 0 Å². The molecule has 12 N–H and O–H groups in total. The molecule has 0 unspecified atom stereocenters. The lowest BCUT2D eigenvalue weighted by molar-refractivity contribution is 0.0944. The van der Waals surface area contributed by atoms with E-state index in [1.165, 1.54) is 0 Å². The lowest BCUT2D eigenvalue weighted by Gasteiger charge is -2.09. The number of carbonyl (C=O) groups is 3. The summed E-state index contributed by atoms with van der Waals surface area (Å²) in [4.78, 5) is 40.5. The van der Waals surface area contributed by atoms with Gasteiger partial charge in [-0.3, -0.25) is 25.2 Å². The van der Waals surface area contributed by atoms with Crippen LogP contribution in [0, 0.1) is 10.8 Å². The Hall–Kier alpha value is -5.07. The van der Waals surface area contributed by atoms with Crippen LogP contribution in [0.3, 0.4) is 0 Å². The number of aromatic nitrogens is 1. The van der Waals surface area contributed by atoms with Gasteiger partial charge in [-0.05, 0) is 36.4 Å². The normalized spacial score (nSPS) is 10.3. The largest absolute Gasteiger partial charge is 0.370 e. The van der Waals surface area contributed by atoms with E-state index < -0.39 is 0 Å². The highest BCUT2D eigenvalue weighted by Gasteiger charge is 2.14. The molecule has 188 valence electrons. The van der Waals surface area contributed by atoms with E-state index in [1.807, 2.05) is 6.07 Å². The highest BCUT2D eigenvalue weighted by molar-refractivity contribution is 6.10. The first kappa shape index (κ1) is 25.6. The van der Waals surface area contributed by atoms with Crippen molar-refractivity contribution < 1.29 is 14.4 Å². The Kier molecular flexibility index (Phi) is 8.43. The summed E-state index contributed by atoms with van der Waals surface area (Å²) in [5.41, 5.74) is 12.5. The number of amides is 3. The summed E-state index contributed by atoms with van der Waals surface area (Å²) in [5, 5.41) is 28.4. The molecule has 13 heteroatoms. The van der Waals surface area contributed by atoms with Gasteiger partial charge in [0.2, 0.25) is 0 Å². The third-order valence-electron chi connectivity index (χ3n) is 5.01. The fourth-order valence-electron chi connectivity index (χ4n) is 3.29. The van der Waals surface area contributed by atoms with Gasteiger partial charge in [0.1, 0.15) is 5.69 Å². The molecule has 0 saturated carbocycles. The molecular weight excluding hydrogens is 464 g/mol. The molecule has 3 aromatic rings. The number of nitrogens with two attached hydrogens (primary N) is 2. The standard InChI is InChI=1S/C23H28N10O3/c24-22(25)30-10-8-28-19(34)13-4-6-14(7-5-13)20(35)33-16-3-1-2-15-12-17(32-18(15)16)21(36)29-9-11-31-23(26)27/h1-7,12,32H,8-11H2,(H,28,34)(H,29,36)(H,33,35)(H4,24,25,30)(H4,26,27,31). The fraction of sp³-hybridized carbons (Fsp3) is 0.174. The molecule has 0 fully saturated rings. The van der Waals surface area contributed by atoms with Crippen LogP contribution in [0.2, 0.25) is 0 Å². The molecule has 1 aromatic heterocycles. The third-order valence-corrected chi connectivity index (χ3v) is 5.01. The highest BCUT2D eigenvalue weighted by Crippen LogP contribution is 2.24. The van der Waals surface area contributed by atoms with Crippen molar-refractivity contribution >= 4 is 46.2 Å². The molecule has 0 aliphatic heterocycles. The van der Waals surface area contributed by atoms with Crippen molar-refractivity contribution in [2.24, 2.45) is 11.5 Å². The van der Waals surface area contributed by atoms with Gasteiger partial charge in [-0.25, -0.2) is 0 Å². The van der Waals surface area contributed by atoms with Crippen molar-refractivity contribution in [2.75, 3.05) is 31.5 Å². The Morgan fingerprint density at radius 3 is 1.83 bits per heavy atom.